The van der Waals surface area contributed by atoms with Crippen LogP contribution in [-0.2, 0) is 13.6 Å². The van der Waals surface area contributed by atoms with Crippen molar-refractivity contribution in [3.63, 3.8) is 0 Å². The molecular weight excluding hydrogens is 266 g/mol. The third kappa shape index (κ3) is 2.84. The molecule has 0 saturated carbocycles. The minimum atomic E-state index is -0.0887. The molecule has 1 unspecified atom stereocenters. The van der Waals surface area contributed by atoms with Gasteiger partial charge in [-0.3, -0.25) is 14.2 Å². The molecule has 21 heavy (non-hydrogen) atoms. The molecule has 1 atom stereocenters. The summed E-state index contributed by atoms with van der Waals surface area (Å²) in [6, 6.07) is -0.0863. The van der Waals surface area contributed by atoms with E-state index in [2.05, 4.69) is 15.5 Å². The van der Waals surface area contributed by atoms with Crippen LogP contribution in [0.4, 0.5) is 0 Å². The van der Waals surface area contributed by atoms with E-state index >= 15 is 0 Å². The average molecular weight is 289 g/mol. The molecule has 2 rings (SSSR count). The van der Waals surface area contributed by atoms with Crippen molar-refractivity contribution >= 4 is 5.91 Å². The molecule has 0 aliphatic heterocycles. The fourth-order valence-electron chi connectivity index (χ4n) is 2.57. The fraction of sp³-hybridized carbons (Fsp3) is 0.533. The van der Waals surface area contributed by atoms with Gasteiger partial charge < -0.3 is 5.32 Å². The zero-order valence-corrected chi connectivity index (χ0v) is 13.6. The topological polar surface area (TPSA) is 64.7 Å². The molecule has 6 nitrogen and oxygen atoms in total. The SMILES string of the molecule is CCn1cc(C(C)NC(=O)c2c(C)nn(C)c2C)c(C)n1. The smallest absolute Gasteiger partial charge is 0.255 e. The highest BCUT2D eigenvalue weighted by Crippen LogP contribution is 2.18. The van der Waals surface area contributed by atoms with Crippen molar-refractivity contribution in [1.82, 2.24) is 24.9 Å². The van der Waals surface area contributed by atoms with Crippen LogP contribution >= 0.6 is 0 Å². The lowest BCUT2D eigenvalue weighted by molar-refractivity contribution is 0.0938. The van der Waals surface area contributed by atoms with Crippen molar-refractivity contribution in [2.75, 3.05) is 0 Å². The Morgan fingerprint density at radius 2 is 1.95 bits per heavy atom. The maximum absolute atomic E-state index is 12.5. The lowest BCUT2D eigenvalue weighted by atomic mass is 10.1. The summed E-state index contributed by atoms with van der Waals surface area (Å²) in [5.74, 6) is -0.0887. The van der Waals surface area contributed by atoms with E-state index in [0.717, 1.165) is 29.2 Å². The van der Waals surface area contributed by atoms with Gasteiger partial charge in [0, 0.05) is 31.0 Å². The summed E-state index contributed by atoms with van der Waals surface area (Å²) in [7, 11) is 1.85. The van der Waals surface area contributed by atoms with Gasteiger partial charge in [0.1, 0.15) is 0 Å². The molecule has 1 amide bonds. The lowest BCUT2D eigenvalue weighted by Gasteiger charge is -2.13. The van der Waals surface area contributed by atoms with Crippen molar-refractivity contribution in [2.24, 2.45) is 7.05 Å². The third-order valence-electron chi connectivity index (χ3n) is 3.86. The monoisotopic (exact) mass is 289 g/mol. The molecule has 2 aromatic rings. The van der Waals surface area contributed by atoms with Crippen LogP contribution in [0.25, 0.3) is 0 Å². The molecular formula is C15H23N5O. The van der Waals surface area contributed by atoms with Crippen LogP contribution in [0.2, 0.25) is 0 Å². The number of aryl methyl sites for hydroxylation is 4. The van der Waals surface area contributed by atoms with Crippen molar-refractivity contribution in [2.45, 2.75) is 47.2 Å². The minimum absolute atomic E-state index is 0.0863. The maximum Gasteiger partial charge on any atom is 0.255 e. The second-order valence-corrected chi connectivity index (χ2v) is 5.39. The first-order chi connectivity index (χ1) is 9.85. The second kappa shape index (κ2) is 5.71. The summed E-state index contributed by atoms with van der Waals surface area (Å²) in [4.78, 5) is 12.5. The van der Waals surface area contributed by atoms with Gasteiger partial charge in [0.25, 0.3) is 5.91 Å². The van der Waals surface area contributed by atoms with Crippen LogP contribution in [0.1, 0.15) is 52.9 Å². The summed E-state index contributed by atoms with van der Waals surface area (Å²) in [5.41, 5.74) is 4.28. The molecule has 0 aliphatic rings. The molecule has 0 aliphatic carbocycles. The number of carbonyl (C=O) groups excluding carboxylic acids is 1. The molecule has 0 saturated heterocycles. The van der Waals surface area contributed by atoms with Gasteiger partial charge in [-0.1, -0.05) is 0 Å². The van der Waals surface area contributed by atoms with E-state index in [1.807, 2.05) is 52.5 Å². The number of carbonyl (C=O) groups is 1. The van der Waals surface area contributed by atoms with Gasteiger partial charge >= 0.3 is 0 Å². The van der Waals surface area contributed by atoms with Crippen LogP contribution in [0.5, 0.6) is 0 Å². The van der Waals surface area contributed by atoms with Gasteiger partial charge in [0.15, 0.2) is 0 Å². The van der Waals surface area contributed by atoms with E-state index in [9.17, 15) is 4.79 Å². The molecule has 0 radical (unpaired) electrons. The highest BCUT2D eigenvalue weighted by Gasteiger charge is 2.21. The van der Waals surface area contributed by atoms with Gasteiger partial charge in [-0.15, -0.1) is 0 Å². The summed E-state index contributed by atoms with van der Waals surface area (Å²) in [6.45, 7) is 10.6. The number of rotatable bonds is 4. The standard InChI is InChI=1S/C15H23N5O/c1-7-20-8-13(10(3)18-20)9(2)16-15(21)14-11(4)17-19(6)12(14)5/h8-9H,7H2,1-6H3,(H,16,21). The first-order valence-corrected chi connectivity index (χ1v) is 7.20. The van der Waals surface area contributed by atoms with Crippen LogP contribution in [-0.4, -0.2) is 25.5 Å². The van der Waals surface area contributed by atoms with E-state index in [-0.39, 0.29) is 11.9 Å². The number of nitrogens with zero attached hydrogens (tertiary/aromatic N) is 4. The van der Waals surface area contributed by atoms with Gasteiger partial charge in [-0.2, -0.15) is 10.2 Å². The largest absolute Gasteiger partial charge is 0.345 e. The molecule has 0 fully saturated rings. The number of amides is 1. The molecule has 6 heteroatoms. The molecule has 1 N–H and O–H groups in total. The Morgan fingerprint density at radius 1 is 1.29 bits per heavy atom. The summed E-state index contributed by atoms with van der Waals surface area (Å²) < 4.78 is 3.61. The highest BCUT2D eigenvalue weighted by atomic mass is 16.1. The Hall–Kier alpha value is -2.11. The Bertz CT molecular complexity index is 668. The van der Waals surface area contributed by atoms with Gasteiger partial charge in [-0.25, -0.2) is 0 Å². The van der Waals surface area contributed by atoms with Gasteiger partial charge in [0.2, 0.25) is 0 Å². The van der Waals surface area contributed by atoms with Crippen molar-refractivity contribution in [3.8, 4) is 0 Å². The van der Waals surface area contributed by atoms with Gasteiger partial charge in [-0.05, 0) is 34.6 Å². The zero-order chi connectivity index (χ0) is 15.7. The van der Waals surface area contributed by atoms with E-state index in [1.165, 1.54) is 0 Å². The molecule has 0 bridgehead atoms. The minimum Gasteiger partial charge on any atom is -0.345 e. The quantitative estimate of drug-likeness (QED) is 0.937. The Morgan fingerprint density at radius 3 is 2.43 bits per heavy atom. The molecule has 2 aromatic heterocycles. The molecule has 0 aromatic carbocycles. The van der Waals surface area contributed by atoms with Crippen molar-refractivity contribution in [1.29, 1.82) is 0 Å². The Labute approximate surface area is 125 Å². The third-order valence-corrected chi connectivity index (χ3v) is 3.86. The van der Waals surface area contributed by atoms with E-state index in [1.54, 1.807) is 4.68 Å². The first kappa shape index (κ1) is 15.3. The van der Waals surface area contributed by atoms with Crippen LogP contribution < -0.4 is 5.32 Å². The zero-order valence-electron chi connectivity index (χ0n) is 13.6. The van der Waals surface area contributed by atoms with Crippen LogP contribution in [0.15, 0.2) is 6.20 Å². The highest BCUT2D eigenvalue weighted by molar-refractivity contribution is 5.96. The van der Waals surface area contributed by atoms with E-state index in [4.69, 9.17) is 0 Å². The normalized spacial score (nSPS) is 12.5. The predicted octanol–water partition coefficient (Wildman–Crippen LogP) is 2.05. The van der Waals surface area contributed by atoms with Crippen molar-refractivity contribution < 1.29 is 4.79 Å². The molecule has 114 valence electrons. The second-order valence-electron chi connectivity index (χ2n) is 5.39. The average Bonchev–Trinajstić information content (AvgIpc) is 2.90. The van der Waals surface area contributed by atoms with E-state index in [0.29, 0.717) is 5.56 Å². The summed E-state index contributed by atoms with van der Waals surface area (Å²) >= 11 is 0. The van der Waals surface area contributed by atoms with Crippen LogP contribution in [0, 0.1) is 20.8 Å². The summed E-state index contributed by atoms with van der Waals surface area (Å²) in [6.07, 6.45) is 1.99. The number of hydrogen-bond acceptors (Lipinski definition) is 3. The first-order valence-electron chi connectivity index (χ1n) is 7.20. The van der Waals surface area contributed by atoms with E-state index < -0.39 is 0 Å². The Kier molecular flexibility index (Phi) is 4.16. The Balaban J connectivity index is 2.20. The summed E-state index contributed by atoms with van der Waals surface area (Å²) in [5, 5.41) is 11.7. The molecule has 2 heterocycles. The lowest BCUT2D eigenvalue weighted by Crippen LogP contribution is -2.27. The number of nitrogens with one attached hydrogen (secondary N) is 1. The van der Waals surface area contributed by atoms with Crippen molar-refractivity contribution in [3.05, 3.63) is 34.4 Å². The maximum atomic E-state index is 12.5. The van der Waals surface area contributed by atoms with Gasteiger partial charge in [0.05, 0.1) is 23.0 Å². The van der Waals surface area contributed by atoms with Crippen LogP contribution in [0.3, 0.4) is 0 Å². The number of aromatic nitrogens is 4. The molecule has 0 spiro atoms. The fourth-order valence-corrected chi connectivity index (χ4v) is 2.57. The predicted molar refractivity (Wildman–Crippen MR) is 81.2 cm³/mol. The number of hydrogen-bond donors (Lipinski definition) is 1.